The minimum atomic E-state index is -3.51. The van der Waals surface area contributed by atoms with Crippen LogP contribution in [0.2, 0.25) is 0 Å². The maximum absolute atomic E-state index is 13.1. The number of aromatic nitrogens is 1. The zero-order valence-corrected chi connectivity index (χ0v) is 16.8. The van der Waals surface area contributed by atoms with Gasteiger partial charge in [0.1, 0.15) is 0 Å². The SMILES string of the molecule is O=c1c(-c2cccs2)ccc2n1C[C@@H]1C[C@@H]2CN(S(=O)(=O)c2ccccc2)C1. The Morgan fingerprint density at radius 2 is 1.75 bits per heavy atom. The standard InChI is InChI=1S/C21H20N2O3S2/c24-21-18(20-7-4-10-27-20)8-9-19-16-11-15(13-23(19)21)12-22(14-16)28(25,26)17-5-2-1-3-6-17/h1-10,15-16H,11-14H2/t15-,16-/m1/s1. The Labute approximate surface area is 167 Å². The maximum atomic E-state index is 13.1. The third-order valence-electron chi connectivity index (χ3n) is 5.74. The predicted molar refractivity (Wildman–Crippen MR) is 110 cm³/mol. The first kappa shape index (κ1) is 17.8. The summed E-state index contributed by atoms with van der Waals surface area (Å²) < 4.78 is 29.6. The number of hydrogen-bond acceptors (Lipinski definition) is 4. The van der Waals surface area contributed by atoms with E-state index in [0.29, 0.717) is 24.5 Å². The summed E-state index contributed by atoms with van der Waals surface area (Å²) >= 11 is 1.56. The van der Waals surface area contributed by atoms with Crippen LogP contribution >= 0.6 is 11.3 Å². The monoisotopic (exact) mass is 412 g/mol. The third kappa shape index (κ3) is 2.85. The second kappa shape index (κ2) is 6.69. The van der Waals surface area contributed by atoms with Crippen molar-refractivity contribution in [2.75, 3.05) is 13.1 Å². The van der Waals surface area contributed by atoms with E-state index in [1.807, 2.05) is 40.3 Å². The van der Waals surface area contributed by atoms with Crippen molar-refractivity contribution in [1.82, 2.24) is 8.87 Å². The lowest BCUT2D eigenvalue weighted by molar-refractivity contribution is 0.186. The molecule has 3 aromatic rings. The van der Waals surface area contributed by atoms with Gasteiger partial charge in [-0.3, -0.25) is 4.79 Å². The number of nitrogens with zero attached hydrogens (tertiary/aromatic N) is 2. The Balaban J connectivity index is 1.51. The van der Waals surface area contributed by atoms with Gasteiger partial charge in [-0.15, -0.1) is 11.3 Å². The molecule has 2 aromatic heterocycles. The minimum Gasteiger partial charge on any atom is -0.311 e. The first-order chi connectivity index (χ1) is 13.5. The van der Waals surface area contributed by atoms with Crippen LogP contribution in [0.4, 0.5) is 0 Å². The quantitative estimate of drug-likeness (QED) is 0.663. The first-order valence-corrected chi connectivity index (χ1v) is 11.7. The van der Waals surface area contributed by atoms with E-state index in [2.05, 4.69) is 0 Å². The molecule has 7 heteroatoms. The van der Waals surface area contributed by atoms with Crippen LogP contribution in [-0.4, -0.2) is 30.4 Å². The highest BCUT2D eigenvalue weighted by atomic mass is 32.2. The number of sulfonamides is 1. The van der Waals surface area contributed by atoms with Crippen molar-refractivity contribution in [3.8, 4) is 10.4 Å². The van der Waals surface area contributed by atoms with E-state index in [1.54, 1.807) is 39.9 Å². The highest BCUT2D eigenvalue weighted by molar-refractivity contribution is 7.89. The van der Waals surface area contributed by atoms with Crippen molar-refractivity contribution in [3.05, 3.63) is 76.0 Å². The van der Waals surface area contributed by atoms with Gasteiger partial charge in [0.15, 0.2) is 0 Å². The smallest absolute Gasteiger partial charge is 0.259 e. The van der Waals surface area contributed by atoms with E-state index in [0.717, 1.165) is 22.6 Å². The number of benzene rings is 1. The predicted octanol–water partition coefficient (Wildman–Crippen LogP) is 3.38. The van der Waals surface area contributed by atoms with Crippen LogP contribution in [0.15, 0.2) is 69.7 Å². The molecule has 2 atom stereocenters. The molecule has 5 rings (SSSR count). The Kier molecular flexibility index (Phi) is 4.26. The average Bonchev–Trinajstić information content (AvgIpc) is 3.24. The molecular weight excluding hydrogens is 392 g/mol. The number of rotatable bonds is 3. The highest BCUT2D eigenvalue weighted by Gasteiger charge is 2.39. The van der Waals surface area contributed by atoms with Gasteiger partial charge in [-0.05, 0) is 48.1 Å². The van der Waals surface area contributed by atoms with Crippen molar-refractivity contribution in [3.63, 3.8) is 0 Å². The first-order valence-electron chi connectivity index (χ1n) is 9.37. The van der Waals surface area contributed by atoms with Crippen LogP contribution in [0.1, 0.15) is 18.0 Å². The molecule has 2 aliphatic rings. The molecule has 0 N–H and O–H groups in total. The molecule has 2 bridgehead atoms. The highest BCUT2D eigenvalue weighted by Crippen LogP contribution is 2.38. The largest absolute Gasteiger partial charge is 0.311 e. The fourth-order valence-electron chi connectivity index (χ4n) is 4.46. The number of fused-ring (bicyclic) bond motifs is 4. The van der Waals surface area contributed by atoms with E-state index in [-0.39, 0.29) is 17.4 Å². The van der Waals surface area contributed by atoms with Gasteiger partial charge in [0, 0.05) is 36.1 Å². The fraction of sp³-hybridized carbons (Fsp3) is 0.286. The zero-order valence-electron chi connectivity index (χ0n) is 15.2. The molecule has 4 heterocycles. The molecule has 0 radical (unpaired) electrons. The van der Waals surface area contributed by atoms with E-state index in [1.165, 1.54) is 0 Å². The van der Waals surface area contributed by atoms with Crippen molar-refractivity contribution in [1.29, 1.82) is 0 Å². The molecule has 0 aliphatic carbocycles. The summed E-state index contributed by atoms with van der Waals surface area (Å²) in [6.07, 6.45) is 0.929. The molecule has 0 amide bonds. The molecule has 5 nitrogen and oxygen atoms in total. The van der Waals surface area contributed by atoms with Gasteiger partial charge in [-0.1, -0.05) is 24.3 Å². The van der Waals surface area contributed by atoms with E-state index >= 15 is 0 Å². The molecule has 2 aliphatic heterocycles. The fourth-order valence-corrected chi connectivity index (χ4v) is 6.78. The summed E-state index contributed by atoms with van der Waals surface area (Å²) in [5.74, 6) is 0.206. The lowest BCUT2D eigenvalue weighted by atomic mass is 9.84. The zero-order chi connectivity index (χ0) is 19.3. The van der Waals surface area contributed by atoms with Crippen molar-refractivity contribution >= 4 is 21.4 Å². The van der Waals surface area contributed by atoms with Crippen LogP contribution in [0.25, 0.3) is 10.4 Å². The van der Waals surface area contributed by atoms with Crippen molar-refractivity contribution in [2.45, 2.75) is 23.8 Å². The van der Waals surface area contributed by atoms with Crippen LogP contribution in [-0.2, 0) is 16.6 Å². The van der Waals surface area contributed by atoms with Crippen molar-refractivity contribution in [2.24, 2.45) is 5.92 Å². The van der Waals surface area contributed by atoms with Gasteiger partial charge in [0.05, 0.1) is 10.5 Å². The summed E-state index contributed by atoms with van der Waals surface area (Å²) in [6.45, 7) is 1.46. The molecule has 1 saturated heterocycles. The number of hydrogen-bond donors (Lipinski definition) is 0. The Hall–Kier alpha value is -2.22. The second-order valence-electron chi connectivity index (χ2n) is 7.50. The minimum absolute atomic E-state index is 0.0361. The number of piperidine rings is 1. The summed E-state index contributed by atoms with van der Waals surface area (Å²) in [7, 11) is -3.51. The van der Waals surface area contributed by atoms with Crippen LogP contribution in [0, 0.1) is 5.92 Å². The Morgan fingerprint density at radius 1 is 0.929 bits per heavy atom. The van der Waals surface area contributed by atoms with Crippen LogP contribution < -0.4 is 5.56 Å². The van der Waals surface area contributed by atoms with Crippen molar-refractivity contribution < 1.29 is 8.42 Å². The lowest BCUT2D eigenvalue weighted by Crippen LogP contribution is -2.49. The summed E-state index contributed by atoms with van der Waals surface area (Å²) in [5.41, 5.74) is 1.72. The molecule has 28 heavy (non-hydrogen) atoms. The Bertz CT molecular complexity index is 1170. The van der Waals surface area contributed by atoms with Gasteiger partial charge >= 0.3 is 0 Å². The molecule has 144 valence electrons. The van der Waals surface area contributed by atoms with Gasteiger partial charge < -0.3 is 4.57 Å². The molecule has 1 fully saturated rings. The van der Waals surface area contributed by atoms with Gasteiger partial charge in [0.25, 0.3) is 5.56 Å². The molecular formula is C21H20N2O3S2. The molecule has 0 saturated carbocycles. The molecule has 0 unspecified atom stereocenters. The topological polar surface area (TPSA) is 59.4 Å². The van der Waals surface area contributed by atoms with Gasteiger partial charge in [0.2, 0.25) is 10.0 Å². The van der Waals surface area contributed by atoms with E-state index < -0.39 is 10.0 Å². The summed E-state index contributed by atoms with van der Waals surface area (Å²) in [4.78, 5) is 14.4. The maximum Gasteiger partial charge on any atom is 0.259 e. The Morgan fingerprint density at radius 3 is 2.50 bits per heavy atom. The van der Waals surface area contributed by atoms with Crippen LogP contribution in [0.5, 0.6) is 0 Å². The summed E-state index contributed by atoms with van der Waals surface area (Å²) in [5, 5.41) is 1.97. The average molecular weight is 413 g/mol. The van der Waals surface area contributed by atoms with E-state index in [9.17, 15) is 13.2 Å². The van der Waals surface area contributed by atoms with Gasteiger partial charge in [-0.25, -0.2) is 8.42 Å². The number of pyridine rings is 1. The summed E-state index contributed by atoms with van der Waals surface area (Å²) in [6, 6.07) is 16.4. The van der Waals surface area contributed by atoms with Gasteiger partial charge in [-0.2, -0.15) is 4.31 Å². The second-order valence-corrected chi connectivity index (χ2v) is 10.4. The third-order valence-corrected chi connectivity index (χ3v) is 8.49. The molecule has 0 spiro atoms. The van der Waals surface area contributed by atoms with E-state index in [4.69, 9.17) is 0 Å². The molecule has 1 aromatic carbocycles. The lowest BCUT2D eigenvalue weighted by Gasteiger charge is -2.42. The normalized spacial score (nSPS) is 22.0. The number of thiophene rings is 1. The van der Waals surface area contributed by atoms with Crippen LogP contribution in [0.3, 0.4) is 0 Å².